The Morgan fingerprint density at radius 2 is 1.91 bits per heavy atom. The molecule has 0 radical (unpaired) electrons. The SMILES string of the molecule is CCOCNc1ccc(O[C@H](C[C@H](N)CO)C(F)(F)F)cc1. The summed E-state index contributed by atoms with van der Waals surface area (Å²) in [5.41, 5.74) is 6.07. The normalized spacial score (nSPS) is 14.5. The van der Waals surface area contributed by atoms with Crippen LogP contribution in [0.1, 0.15) is 13.3 Å². The molecule has 0 aliphatic heterocycles. The fourth-order valence-electron chi connectivity index (χ4n) is 1.65. The van der Waals surface area contributed by atoms with Gasteiger partial charge in [0.2, 0.25) is 0 Å². The van der Waals surface area contributed by atoms with E-state index in [1.54, 1.807) is 12.1 Å². The summed E-state index contributed by atoms with van der Waals surface area (Å²) in [7, 11) is 0. The van der Waals surface area contributed by atoms with Crippen LogP contribution in [0.5, 0.6) is 5.75 Å². The fourth-order valence-corrected chi connectivity index (χ4v) is 1.65. The summed E-state index contributed by atoms with van der Waals surface area (Å²) in [6, 6.07) is 5.05. The zero-order valence-corrected chi connectivity index (χ0v) is 12.3. The Morgan fingerprint density at radius 3 is 2.41 bits per heavy atom. The van der Waals surface area contributed by atoms with Gasteiger partial charge >= 0.3 is 6.18 Å². The Hall–Kier alpha value is -1.51. The van der Waals surface area contributed by atoms with Gasteiger partial charge in [-0.1, -0.05) is 0 Å². The summed E-state index contributed by atoms with van der Waals surface area (Å²) in [6.45, 7) is 2.20. The van der Waals surface area contributed by atoms with Crippen molar-refractivity contribution >= 4 is 5.69 Å². The molecule has 0 saturated carbocycles. The molecule has 0 amide bonds. The van der Waals surface area contributed by atoms with E-state index >= 15 is 0 Å². The molecule has 4 N–H and O–H groups in total. The van der Waals surface area contributed by atoms with Crippen molar-refractivity contribution in [2.24, 2.45) is 5.73 Å². The van der Waals surface area contributed by atoms with Gasteiger partial charge in [-0.3, -0.25) is 0 Å². The Morgan fingerprint density at radius 1 is 1.27 bits per heavy atom. The first-order valence-electron chi connectivity index (χ1n) is 6.88. The standard InChI is InChI=1S/C14H21F3N2O3/c1-2-21-9-19-11-3-5-12(6-4-11)22-13(14(15,16)17)7-10(18)8-20/h3-6,10,13,19-20H,2,7-9,18H2,1H3/t10-,13+/m0/s1. The molecule has 0 unspecified atom stereocenters. The summed E-state index contributed by atoms with van der Waals surface area (Å²) in [5.74, 6) is 0.0782. The molecule has 8 heteroatoms. The van der Waals surface area contributed by atoms with Crippen molar-refractivity contribution in [1.29, 1.82) is 0 Å². The van der Waals surface area contributed by atoms with Crippen molar-refractivity contribution in [1.82, 2.24) is 0 Å². The lowest BCUT2D eigenvalue weighted by atomic mass is 10.1. The molecule has 0 bridgehead atoms. The van der Waals surface area contributed by atoms with Crippen LogP contribution in [-0.4, -0.2) is 43.4 Å². The van der Waals surface area contributed by atoms with E-state index in [0.29, 0.717) is 19.0 Å². The van der Waals surface area contributed by atoms with Gasteiger partial charge in [-0.2, -0.15) is 13.2 Å². The van der Waals surface area contributed by atoms with E-state index in [1.807, 2.05) is 6.92 Å². The Bertz CT molecular complexity index is 426. The minimum Gasteiger partial charge on any atom is -0.481 e. The van der Waals surface area contributed by atoms with Crippen LogP contribution in [0.2, 0.25) is 0 Å². The number of benzene rings is 1. The van der Waals surface area contributed by atoms with Crippen LogP contribution >= 0.6 is 0 Å². The van der Waals surface area contributed by atoms with Crippen molar-refractivity contribution in [2.45, 2.75) is 31.7 Å². The number of nitrogens with one attached hydrogen (secondary N) is 1. The number of halogens is 3. The molecule has 0 aliphatic rings. The minimum atomic E-state index is -4.56. The number of anilines is 1. The molecular formula is C14H21F3N2O3. The predicted octanol–water partition coefficient (Wildman–Crippen LogP) is 2.11. The van der Waals surface area contributed by atoms with Crippen LogP contribution < -0.4 is 15.8 Å². The highest BCUT2D eigenvalue weighted by atomic mass is 19.4. The zero-order valence-electron chi connectivity index (χ0n) is 12.3. The van der Waals surface area contributed by atoms with Crippen molar-refractivity contribution in [3.63, 3.8) is 0 Å². The third kappa shape index (κ3) is 6.50. The molecule has 0 fully saturated rings. The quantitative estimate of drug-likeness (QED) is 0.479. The van der Waals surface area contributed by atoms with Gasteiger partial charge in [0.25, 0.3) is 0 Å². The highest BCUT2D eigenvalue weighted by Gasteiger charge is 2.42. The number of aliphatic hydroxyl groups excluding tert-OH is 1. The average Bonchev–Trinajstić information content (AvgIpc) is 2.47. The lowest BCUT2D eigenvalue weighted by Crippen LogP contribution is -2.41. The van der Waals surface area contributed by atoms with Crippen LogP contribution in [0.15, 0.2) is 24.3 Å². The van der Waals surface area contributed by atoms with E-state index in [0.717, 1.165) is 0 Å². The number of hydrogen-bond donors (Lipinski definition) is 3. The van der Waals surface area contributed by atoms with Crippen molar-refractivity contribution in [2.75, 3.05) is 25.3 Å². The maximum Gasteiger partial charge on any atom is 0.425 e. The molecule has 1 aromatic carbocycles. The van der Waals surface area contributed by atoms with Crippen molar-refractivity contribution in [3.8, 4) is 5.75 Å². The minimum absolute atomic E-state index is 0.0782. The van der Waals surface area contributed by atoms with E-state index in [2.05, 4.69) is 5.32 Å². The maximum absolute atomic E-state index is 12.9. The first-order valence-corrected chi connectivity index (χ1v) is 6.88. The van der Waals surface area contributed by atoms with Gasteiger partial charge in [-0.15, -0.1) is 0 Å². The summed E-state index contributed by atoms with van der Waals surface area (Å²) in [6.07, 6.45) is -7.12. The summed E-state index contributed by atoms with van der Waals surface area (Å²) >= 11 is 0. The zero-order chi connectivity index (χ0) is 16.6. The molecule has 0 aromatic heterocycles. The Balaban J connectivity index is 2.65. The molecular weight excluding hydrogens is 301 g/mol. The number of nitrogens with two attached hydrogens (primary N) is 1. The van der Waals surface area contributed by atoms with Gasteiger partial charge in [0.1, 0.15) is 12.5 Å². The van der Waals surface area contributed by atoms with E-state index < -0.39 is 31.3 Å². The molecule has 2 atom stereocenters. The Labute approximate surface area is 127 Å². The molecule has 1 rings (SSSR count). The van der Waals surface area contributed by atoms with Gasteiger partial charge in [0, 0.05) is 24.8 Å². The largest absolute Gasteiger partial charge is 0.481 e. The smallest absolute Gasteiger partial charge is 0.425 e. The van der Waals surface area contributed by atoms with E-state index in [9.17, 15) is 13.2 Å². The topological polar surface area (TPSA) is 76.7 Å². The molecule has 0 aliphatic carbocycles. The van der Waals surface area contributed by atoms with Gasteiger partial charge in [-0.05, 0) is 31.2 Å². The molecule has 126 valence electrons. The lowest BCUT2D eigenvalue weighted by Gasteiger charge is -2.24. The van der Waals surface area contributed by atoms with Crippen LogP contribution in [-0.2, 0) is 4.74 Å². The third-order valence-corrected chi connectivity index (χ3v) is 2.83. The van der Waals surface area contributed by atoms with Crippen LogP contribution in [0, 0.1) is 0 Å². The Kier molecular flexibility index (Phi) is 7.43. The summed E-state index contributed by atoms with van der Waals surface area (Å²) in [4.78, 5) is 0. The van der Waals surface area contributed by atoms with E-state index in [1.165, 1.54) is 12.1 Å². The highest BCUT2D eigenvalue weighted by molar-refractivity contribution is 5.46. The average molecular weight is 322 g/mol. The second kappa shape index (κ2) is 8.82. The van der Waals surface area contributed by atoms with Crippen molar-refractivity contribution in [3.05, 3.63) is 24.3 Å². The first kappa shape index (κ1) is 18.5. The molecule has 22 heavy (non-hydrogen) atoms. The van der Waals surface area contributed by atoms with Crippen LogP contribution in [0.4, 0.5) is 18.9 Å². The van der Waals surface area contributed by atoms with Crippen LogP contribution in [0.25, 0.3) is 0 Å². The molecule has 1 aromatic rings. The van der Waals surface area contributed by atoms with Crippen LogP contribution in [0.3, 0.4) is 0 Å². The fraction of sp³-hybridized carbons (Fsp3) is 0.571. The maximum atomic E-state index is 12.9. The number of ether oxygens (including phenoxy) is 2. The third-order valence-electron chi connectivity index (χ3n) is 2.83. The summed E-state index contributed by atoms with van der Waals surface area (Å²) < 4.78 is 48.7. The summed E-state index contributed by atoms with van der Waals surface area (Å²) in [5, 5.41) is 11.7. The van der Waals surface area contributed by atoms with Gasteiger partial charge < -0.3 is 25.6 Å². The second-order valence-electron chi connectivity index (χ2n) is 4.66. The molecule has 5 nitrogen and oxygen atoms in total. The van der Waals surface area contributed by atoms with E-state index in [4.69, 9.17) is 20.3 Å². The highest BCUT2D eigenvalue weighted by Crippen LogP contribution is 2.28. The monoisotopic (exact) mass is 322 g/mol. The van der Waals surface area contributed by atoms with Gasteiger partial charge in [0.15, 0.2) is 6.10 Å². The molecule has 0 heterocycles. The molecule has 0 spiro atoms. The number of hydrogen-bond acceptors (Lipinski definition) is 5. The first-order chi connectivity index (χ1) is 10.4. The number of alkyl halides is 3. The second-order valence-corrected chi connectivity index (χ2v) is 4.66. The number of rotatable bonds is 9. The number of aliphatic hydroxyl groups is 1. The van der Waals surface area contributed by atoms with Crippen molar-refractivity contribution < 1.29 is 27.8 Å². The van der Waals surface area contributed by atoms with E-state index in [-0.39, 0.29) is 5.75 Å². The molecule has 0 saturated heterocycles. The van der Waals surface area contributed by atoms with Gasteiger partial charge in [-0.25, -0.2) is 0 Å². The predicted molar refractivity (Wildman–Crippen MR) is 76.7 cm³/mol. The lowest BCUT2D eigenvalue weighted by molar-refractivity contribution is -0.198. The van der Waals surface area contributed by atoms with Gasteiger partial charge in [0.05, 0.1) is 6.61 Å².